The summed E-state index contributed by atoms with van der Waals surface area (Å²) in [4.78, 5) is 30.0. The van der Waals surface area contributed by atoms with Crippen LogP contribution < -0.4 is 5.56 Å². The molecule has 6 nitrogen and oxygen atoms in total. The van der Waals surface area contributed by atoms with Crippen molar-refractivity contribution in [2.45, 2.75) is 32.7 Å². The number of benzene rings is 1. The molecule has 2 aromatic heterocycles. The highest BCUT2D eigenvalue weighted by atomic mass is 79.9. The molecule has 7 heteroatoms. The molecule has 0 N–H and O–H groups in total. The molecule has 0 radical (unpaired) electrons. The van der Waals surface area contributed by atoms with E-state index in [-0.39, 0.29) is 11.5 Å². The number of hydrogen-bond acceptors (Lipinski definition) is 3. The van der Waals surface area contributed by atoms with Gasteiger partial charge in [0.25, 0.3) is 5.56 Å². The van der Waals surface area contributed by atoms with Gasteiger partial charge in [-0.3, -0.25) is 14.5 Å². The third-order valence-electron chi connectivity index (χ3n) is 5.74. The van der Waals surface area contributed by atoms with Crippen molar-refractivity contribution in [1.82, 2.24) is 18.8 Å². The number of nitrogens with zero attached hydrogens (tertiary/aromatic N) is 4. The van der Waals surface area contributed by atoms with Crippen LogP contribution in [0.3, 0.4) is 0 Å². The smallest absolute Gasteiger partial charge is 0.275 e. The quantitative estimate of drug-likeness (QED) is 0.568. The zero-order chi connectivity index (χ0) is 20.4. The zero-order valence-electron chi connectivity index (χ0n) is 16.8. The second kappa shape index (κ2) is 8.71. The maximum Gasteiger partial charge on any atom is 0.275 e. The topological polar surface area (TPSA) is 50.0 Å². The van der Waals surface area contributed by atoms with Gasteiger partial charge < -0.3 is 13.9 Å². The first-order valence-corrected chi connectivity index (χ1v) is 11.2. The second-order valence-electron chi connectivity index (χ2n) is 7.68. The summed E-state index contributed by atoms with van der Waals surface area (Å²) in [5.41, 5.74) is 2.53. The molecule has 1 amide bonds. The average molecular weight is 459 g/mol. The Morgan fingerprint density at radius 1 is 1.03 bits per heavy atom. The van der Waals surface area contributed by atoms with Gasteiger partial charge in [-0.25, -0.2) is 0 Å². The molecule has 0 spiro atoms. The van der Waals surface area contributed by atoms with Crippen LogP contribution in [0.4, 0.5) is 0 Å². The molecule has 0 atom stereocenters. The van der Waals surface area contributed by atoms with Crippen molar-refractivity contribution in [3.8, 4) is 0 Å². The molecule has 1 saturated heterocycles. The monoisotopic (exact) mass is 458 g/mol. The highest BCUT2D eigenvalue weighted by Crippen LogP contribution is 2.21. The Kier molecular flexibility index (Phi) is 6.06. The normalized spacial score (nSPS) is 15.4. The fourth-order valence-electron chi connectivity index (χ4n) is 4.24. The molecule has 0 unspecified atom stereocenters. The molecule has 0 saturated carbocycles. The molecule has 0 bridgehead atoms. The van der Waals surface area contributed by atoms with E-state index < -0.39 is 0 Å². The van der Waals surface area contributed by atoms with Crippen LogP contribution in [0.5, 0.6) is 0 Å². The number of fused-ring (bicyclic) bond motifs is 3. The summed E-state index contributed by atoms with van der Waals surface area (Å²) in [6.07, 6.45) is 4.20. The van der Waals surface area contributed by atoms with Gasteiger partial charge in [-0.1, -0.05) is 22.9 Å². The van der Waals surface area contributed by atoms with Crippen LogP contribution in [0.25, 0.3) is 16.6 Å². The molecule has 0 aliphatic carbocycles. The van der Waals surface area contributed by atoms with Gasteiger partial charge in [-0.2, -0.15) is 0 Å². The predicted molar refractivity (Wildman–Crippen MR) is 119 cm³/mol. The van der Waals surface area contributed by atoms with Crippen molar-refractivity contribution in [3.63, 3.8) is 0 Å². The van der Waals surface area contributed by atoms with Gasteiger partial charge >= 0.3 is 0 Å². The minimum Gasteiger partial charge on any atom is -0.340 e. The molecule has 1 aliphatic rings. The lowest BCUT2D eigenvalue weighted by atomic mass is 10.2. The fraction of sp³-hybridized carbons (Fsp3) is 0.455. The Hall–Kier alpha value is -2.12. The molecule has 1 fully saturated rings. The number of halogens is 1. The third-order valence-corrected chi connectivity index (χ3v) is 6.23. The number of aryl methyl sites for hydroxylation is 1. The Morgan fingerprint density at radius 3 is 2.59 bits per heavy atom. The van der Waals surface area contributed by atoms with Crippen molar-refractivity contribution >= 4 is 38.4 Å². The fourth-order valence-corrected chi connectivity index (χ4v) is 4.58. The van der Waals surface area contributed by atoms with Gasteiger partial charge in [0.15, 0.2) is 0 Å². The van der Waals surface area contributed by atoms with Crippen LogP contribution >= 0.6 is 15.9 Å². The lowest BCUT2D eigenvalue weighted by Crippen LogP contribution is -2.48. The average Bonchev–Trinajstić information content (AvgIpc) is 3.21. The van der Waals surface area contributed by atoms with Gasteiger partial charge in [0.2, 0.25) is 5.91 Å². The standard InChI is InChI=1S/C22H27BrN4O2/c1-2-9-24-12-14-25(15-13-24)21(28)6-4-11-27-20-16-17(23)7-8-18(20)26-10-3-5-19(26)22(27)29/h3,5,7-8,10,16H,2,4,6,9,11-15H2,1H3. The van der Waals surface area contributed by atoms with E-state index in [2.05, 4.69) is 27.8 Å². The SMILES string of the molecule is CCCN1CCN(C(=O)CCCn2c(=O)c3cccn3c3ccc(Br)cc32)CC1. The first kappa shape index (κ1) is 20.2. The highest BCUT2D eigenvalue weighted by molar-refractivity contribution is 9.10. The molecule has 3 heterocycles. The van der Waals surface area contributed by atoms with Crippen LogP contribution in [0, 0.1) is 0 Å². The van der Waals surface area contributed by atoms with E-state index in [0.29, 0.717) is 24.9 Å². The summed E-state index contributed by atoms with van der Waals surface area (Å²) in [6.45, 7) is 7.37. The Labute approximate surface area is 178 Å². The van der Waals surface area contributed by atoms with Gasteiger partial charge in [0.05, 0.1) is 11.0 Å². The number of rotatable bonds is 6. The number of carbonyl (C=O) groups is 1. The zero-order valence-corrected chi connectivity index (χ0v) is 18.4. The summed E-state index contributed by atoms with van der Waals surface area (Å²) in [6, 6.07) is 9.72. The summed E-state index contributed by atoms with van der Waals surface area (Å²) in [5, 5.41) is 0. The second-order valence-corrected chi connectivity index (χ2v) is 8.59. The third kappa shape index (κ3) is 4.12. The molecular formula is C22H27BrN4O2. The molecule has 154 valence electrons. The first-order chi connectivity index (χ1) is 14.1. The molecular weight excluding hydrogens is 432 g/mol. The van der Waals surface area contributed by atoms with E-state index in [1.807, 2.05) is 50.4 Å². The number of amides is 1. The van der Waals surface area contributed by atoms with Gasteiger partial charge in [-0.05, 0) is 49.7 Å². The summed E-state index contributed by atoms with van der Waals surface area (Å²) in [5.74, 6) is 0.198. The molecule has 3 aromatic rings. The largest absolute Gasteiger partial charge is 0.340 e. The van der Waals surface area contributed by atoms with Crippen LogP contribution in [0.2, 0.25) is 0 Å². The maximum absolute atomic E-state index is 13.0. The van der Waals surface area contributed by atoms with Crippen molar-refractivity contribution < 1.29 is 4.79 Å². The molecule has 1 aliphatic heterocycles. The van der Waals surface area contributed by atoms with E-state index in [0.717, 1.165) is 54.7 Å². The van der Waals surface area contributed by atoms with Gasteiger partial charge in [-0.15, -0.1) is 0 Å². The minimum absolute atomic E-state index is 0.0128. The van der Waals surface area contributed by atoms with E-state index in [9.17, 15) is 9.59 Å². The highest BCUT2D eigenvalue weighted by Gasteiger charge is 2.20. The molecule has 1 aromatic carbocycles. The lowest BCUT2D eigenvalue weighted by molar-refractivity contribution is -0.133. The van der Waals surface area contributed by atoms with Crippen LogP contribution in [-0.4, -0.2) is 57.4 Å². The van der Waals surface area contributed by atoms with Gasteiger partial charge in [0.1, 0.15) is 5.52 Å². The Morgan fingerprint density at radius 2 is 1.83 bits per heavy atom. The van der Waals surface area contributed by atoms with Crippen molar-refractivity contribution in [1.29, 1.82) is 0 Å². The summed E-state index contributed by atoms with van der Waals surface area (Å²) >= 11 is 3.52. The lowest BCUT2D eigenvalue weighted by Gasteiger charge is -2.34. The Bertz CT molecular complexity index is 1080. The minimum atomic E-state index is -0.0128. The summed E-state index contributed by atoms with van der Waals surface area (Å²) in [7, 11) is 0. The van der Waals surface area contributed by atoms with Crippen molar-refractivity contribution in [2.75, 3.05) is 32.7 Å². The van der Waals surface area contributed by atoms with E-state index in [4.69, 9.17) is 0 Å². The molecule has 29 heavy (non-hydrogen) atoms. The number of hydrogen-bond donors (Lipinski definition) is 0. The summed E-state index contributed by atoms with van der Waals surface area (Å²) < 4.78 is 4.68. The van der Waals surface area contributed by atoms with Gasteiger partial charge in [0, 0.05) is 49.8 Å². The van der Waals surface area contributed by atoms with Crippen LogP contribution in [0.15, 0.2) is 45.8 Å². The Balaban J connectivity index is 1.47. The number of aromatic nitrogens is 2. The van der Waals surface area contributed by atoms with E-state index in [1.165, 1.54) is 0 Å². The molecule has 4 rings (SSSR count). The van der Waals surface area contributed by atoms with E-state index in [1.54, 1.807) is 0 Å². The maximum atomic E-state index is 13.0. The van der Waals surface area contributed by atoms with Crippen LogP contribution in [-0.2, 0) is 11.3 Å². The number of piperazine rings is 1. The predicted octanol–water partition coefficient (Wildman–Crippen LogP) is 3.35. The van der Waals surface area contributed by atoms with Crippen molar-refractivity contribution in [2.24, 2.45) is 0 Å². The van der Waals surface area contributed by atoms with Crippen molar-refractivity contribution in [3.05, 3.63) is 51.4 Å². The van der Waals surface area contributed by atoms with Crippen LogP contribution in [0.1, 0.15) is 26.2 Å². The van der Waals surface area contributed by atoms with E-state index >= 15 is 0 Å². The first-order valence-electron chi connectivity index (χ1n) is 10.4. The number of carbonyl (C=O) groups excluding carboxylic acids is 1.